The van der Waals surface area contributed by atoms with E-state index in [2.05, 4.69) is 38.6 Å². The second kappa shape index (κ2) is 8.74. The number of anilines is 1. The Morgan fingerprint density at radius 1 is 1.31 bits per heavy atom. The zero-order valence-electron chi connectivity index (χ0n) is 16.6. The average molecular weight is 432 g/mol. The molecule has 4 heterocycles. The largest absolute Gasteiger partial charge is 0.395 e. The number of aromatic nitrogens is 2. The van der Waals surface area contributed by atoms with Crippen molar-refractivity contribution in [3.8, 4) is 0 Å². The van der Waals surface area contributed by atoms with Gasteiger partial charge in [0.15, 0.2) is 0 Å². The lowest BCUT2D eigenvalue weighted by atomic mass is 10.1. The first-order chi connectivity index (χ1) is 14.1. The van der Waals surface area contributed by atoms with Gasteiger partial charge in [-0.2, -0.15) is 0 Å². The first-order valence-electron chi connectivity index (χ1n) is 9.75. The molecule has 0 aliphatic carbocycles. The van der Waals surface area contributed by atoms with Crippen LogP contribution in [0.5, 0.6) is 0 Å². The molecule has 2 N–H and O–H groups in total. The molecule has 9 heteroatoms. The van der Waals surface area contributed by atoms with E-state index in [0.29, 0.717) is 19.6 Å². The van der Waals surface area contributed by atoms with Gasteiger partial charge in [0, 0.05) is 37.6 Å². The maximum absolute atomic E-state index is 13.2. The Morgan fingerprint density at radius 3 is 2.79 bits per heavy atom. The molecule has 3 aromatic rings. The summed E-state index contributed by atoms with van der Waals surface area (Å²) in [6, 6.07) is 4.28. The number of thiophene rings is 2. The van der Waals surface area contributed by atoms with E-state index in [1.165, 1.54) is 16.2 Å². The van der Waals surface area contributed by atoms with Gasteiger partial charge < -0.3 is 15.3 Å². The number of β-amino-alcohol motifs (C(OH)–C–C–N with tert-alkyl or cyclic N) is 1. The normalized spacial score (nSPS) is 16.3. The zero-order valence-corrected chi connectivity index (χ0v) is 18.2. The summed E-state index contributed by atoms with van der Waals surface area (Å²) < 4.78 is 0. The molecule has 0 aromatic carbocycles. The van der Waals surface area contributed by atoms with Crippen molar-refractivity contribution in [1.29, 1.82) is 0 Å². The number of amides is 1. The smallest absolute Gasteiger partial charge is 0.264 e. The van der Waals surface area contributed by atoms with Crippen molar-refractivity contribution in [2.45, 2.75) is 19.9 Å². The number of hydrogen-bond donors (Lipinski definition) is 2. The Morgan fingerprint density at radius 2 is 2.10 bits per heavy atom. The lowest BCUT2D eigenvalue weighted by Crippen LogP contribution is -2.49. The van der Waals surface area contributed by atoms with Gasteiger partial charge in [-0.15, -0.1) is 22.7 Å². The van der Waals surface area contributed by atoms with Crippen molar-refractivity contribution < 1.29 is 9.90 Å². The number of hydrogen-bond acceptors (Lipinski definition) is 8. The van der Waals surface area contributed by atoms with Crippen LogP contribution in [0.15, 0.2) is 23.8 Å². The van der Waals surface area contributed by atoms with Crippen LogP contribution < -0.4 is 5.32 Å². The van der Waals surface area contributed by atoms with Gasteiger partial charge in [-0.25, -0.2) is 9.97 Å². The molecule has 0 saturated carbocycles. The fraction of sp³-hybridized carbons (Fsp3) is 0.450. The van der Waals surface area contributed by atoms with Crippen LogP contribution >= 0.6 is 22.7 Å². The van der Waals surface area contributed by atoms with Gasteiger partial charge in [-0.05, 0) is 30.9 Å². The quantitative estimate of drug-likeness (QED) is 0.625. The number of carbonyl (C=O) groups is 1. The van der Waals surface area contributed by atoms with Gasteiger partial charge in [0.2, 0.25) is 0 Å². The van der Waals surface area contributed by atoms with E-state index in [1.807, 2.05) is 17.9 Å². The highest BCUT2D eigenvalue weighted by Crippen LogP contribution is 2.35. The molecule has 0 spiro atoms. The second-order valence-electron chi connectivity index (χ2n) is 7.20. The average Bonchev–Trinajstić information content (AvgIpc) is 3.37. The molecular weight excluding hydrogens is 406 g/mol. The second-order valence-corrected chi connectivity index (χ2v) is 9.18. The summed E-state index contributed by atoms with van der Waals surface area (Å²) in [7, 11) is 0. The van der Waals surface area contributed by atoms with E-state index in [-0.39, 0.29) is 18.6 Å². The van der Waals surface area contributed by atoms with E-state index in [0.717, 1.165) is 39.6 Å². The summed E-state index contributed by atoms with van der Waals surface area (Å²) in [5, 5.41) is 15.6. The minimum Gasteiger partial charge on any atom is -0.395 e. The topological polar surface area (TPSA) is 81.6 Å². The summed E-state index contributed by atoms with van der Waals surface area (Å²) in [5.74, 6) is 0.836. The number of carbonyl (C=O) groups excluding carboxylic acids is 1. The minimum atomic E-state index is 0.0615. The van der Waals surface area contributed by atoms with Crippen molar-refractivity contribution in [3.05, 3.63) is 39.2 Å². The van der Waals surface area contributed by atoms with Crippen molar-refractivity contribution >= 4 is 44.6 Å². The van der Waals surface area contributed by atoms with E-state index in [1.54, 1.807) is 17.7 Å². The highest BCUT2D eigenvalue weighted by atomic mass is 32.1. The number of rotatable bonds is 6. The molecule has 1 saturated heterocycles. The Labute approximate surface area is 178 Å². The Balaban J connectivity index is 1.57. The SMILES string of the molecule is Cc1c(C(=O)N2CCN(CCO)CC2)sc2ncnc(N[C@@H](C)c3cccs3)c12. The number of nitrogens with zero attached hydrogens (tertiary/aromatic N) is 4. The zero-order chi connectivity index (χ0) is 20.4. The maximum atomic E-state index is 13.2. The van der Waals surface area contributed by atoms with E-state index >= 15 is 0 Å². The first kappa shape index (κ1) is 20.2. The molecule has 1 aliphatic heterocycles. The van der Waals surface area contributed by atoms with Crippen LogP contribution in [-0.4, -0.2) is 70.1 Å². The van der Waals surface area contributed by atoms with Crippen LogP contribution in [0.4, 0.5) is 5.82 Å². The van der Waals surface area contributed by atoms with E-state index in [9.17, 15) is 4.79 Å². The molecule has 0 unspecified atom stereocenters. The van der Waals surface area contributed by atoms with Gasteiger partial charge >= 0.3 is 0 Å². The number of nitrogens with one attached hydrogen (secondary N) is 1. The highest BCUT2D eigenvalue weighted by molar-refractivity contribution is 7.20. The molecule has 0 radical (unpaired) electrons. The first-order valence-corrected chi connectivity index (χ1v) is 11.4. The van der Waals surface area contributed by atoms with Gasteiger partial charge in [0.05, 0.1) is 22.9 Å². The molecule has 1 aliphatic rings. The van der Waals surface area contributed by atoms with Gasteiger partial charge in [0.1, 0.15) is 17.0 Å². The summed E-state index contributed by atoms with van der Waals surface area (Å²) in [4.78, 5) is 29.0. The summed E-state index contributed by atoms with van der Waals surface area (Å²) in [5.41, 5.74) is 0.939. The van der Waals surface area contributed by atoms with Crippen LogP contribution in [0.1, 0.15) is 33.1 Å². The fourth-order valence-corrected chi connectivity index (χ4v) is 5.51. The van der Waals surface area contributed by atoms with Crippen LogP contribution in [0.2, 0.25) is 0 Å². The van der Waals surface area contributed by atoms with Crippen LogP contribution in [0.25, 0.3) is 10.2 Å². The molecule has 154 valence electrons. The molecule has 29 heavy (non-hydrogen) atoms. The van der Waals surface area contributed by atoms with Crippen molar-refractivity contribution in [2.75, 3.05) is 44.6 Å². The van der Waals surface area contributed by atoms with Crippen LogP contribution in [0, 0.1) is 6.92 Å². The third kappa shape index (κ3) is 4.13. The number of aryl methyl sites for hydroxylation is 1. The third-order valence-electron chi connectivity index (χ3n) is 5.32. The summed E-state index contributed by atoms with van der Waals surface area (Å²) in [6.45, 7) is 7.86. The molecule has 1 fully saturated rings. The van der Waals surface area contributed by atoms with Crippen LogP contribution in [-0.2, 0) is 0 Å². The van der Waals surface area contributed by atoms with Gasteiger partial charge in [-0.3, -0.25) is 9.69 Å². The summed E-state index contributed by atoms with van der Waals surface area (Å²) >= 11 is 3.15. The number of fused-ring (bicyclic) bond motifs is 1. The van der Waals surface area contributed by atoms with Crippen molar-refractivity contribution in [2.24, 2.45) is 0 Å². The Hall–Kier alpha value is -2.07. The summed E-state index contributed by atoms with van der Waals surface area (Å²) in [6.07, 6.45) is 1.56. The molecule has 7 nitrogen and oxygen atoms in total. The fourth-order valence-electron chi connectivity index (χ4n) is 3.66. The lowest BCUT2D eigenvalue weighted by Gasteiger charge is -2.34. The lowest BCUT2D eigenvalue weighted by molar-refractivity contribution is 0.0619. The standard InChI is InChI=1S/C20H25N5O2S2/c1-13-16-18(23-14(2)15-4-3-11-28-15)21-12-22-19(16)29-17(13)20(27)25-7-5-24(6-8-25)9-10-26/h3-4,11-12,14,26H,5-10H2,1-2H3,(H,21,22,23)/t14-/m0/s1. The molecule has 3 aromatic heterocycles. The number of piperazine rings is 1. The van der Waals surface area contributed by atoms with Gasteiger partial charge in [-0.1, -0.05) is 6.07 Å². The maximum Gasteiger partial charge on any atom is 0.264 e. The number of aliphatic hydroxyl groups excluding tert-OH is 1. The van der Waals surface area contributed by atoms with E-state index < -0.39 is 0 Å². The third-order valence-corrected chi connectivity index (χ3v) is 7.56. The molecule has 4 rings (SSSR count). The minimum absolute atomic E-state index is 0.0615. The van der Waals surface area contributed by atoms with Crippen molar-refractivity contribution in [3.63, 3.8) is 0 Å². The monoisotopic (exact) mass is 431 g/mol. The highest BCUT2D eigenvalue weighted by Gasteiger charge is 2.26. The molecule has 1 amide bonds. The predicted molar refractivity (Wildman–Crippen MR) is 118 cm³/mol. The Bertz CT molecular complexity index is 980. The molecule has 0 bridgehead atoms. The molecular formula is C20H25N5O2S2. The Kier molecular flexibility index (Phi) is 6.09. The number of aliphatic hydroxyl groups is 1. The van der Waals surface area contributed by atoms with E-state index in [4.69, 9.17) is 5.11 Å². The van der Waals surface area contributed by atoms with Crippen molar-refractivity contribution in [1.82, 2.24) is 19.8 Å². The van der Waals surface area contributed by atoms with Crippen LogP contribution in [0.3, 0.4) is 0 Å². The molecule has 1 atom stereocenters. The van der Waals surface area contributed by atoms with Gasteiger partial charge in [0.25, 0.3) is 5.91 Å². The predicted octanol–water partition coefficient (Wildman–Crippen LogP) is 2.98.